The zero-order valence-electron chi connectivity index (χ0n) is 14.8. The van der Waals surface area contributed by atoms with Gasteiger partial charge in [-0.1, -0.05) is 13.8 Å². The number of aliphatic carboxylic acids is 1. The summed E-state index contributed by atoms with van der Waals surface area (Å²) in [5.74, 6) is -3.61. The first kappa shape index (κ1) is 21.1. The molecule has 1 atom stereocenters. The van der Waals surface area contributed by atoms with E-state index in [4.69, 9.17) is 5.11 Å². The highest BCUT2D eigenvalue weighted by Crippen LogP contribution is 2.16. The largest absolute Gasteiger partial charge is 0.480 e. The normalized spacial score (nSPS) is 11.6. The van der Waals surface area contributed by atoms with E-state index in [0.29, 0.717) is 0 Å². The highest BCUT2D eigenvalue weighted by atomic mass is 19.1. The second-order valence-corrected chi connectivity index (χ2v) is 6.15. The predicted molar refractivity (Wildman–Crippen MR) is 92.1 cm³/mol. The molecule has 8 nitrogen and oxygen atoms in total. The van der Waals surface area contributed by atoms with Crippen LogP contribution in [-0.4, -0.2) is 41.4 Å². The molecule has 0 aliphatic heterocycles. The topological polar surface area (TPSA) is 125 Å². The van der Waals surface area contributed by atoms with Gasteiger partial charge in [0.05, 0.1) is 12.2 Å². The van der Waals surface area contributed by atoms with Crippen LogP contribution in [0.1, 0.15) is 37.6 Å². The van der Waals surface area contributed by atoms with Crippen molar-refractivity contribution in [3.63, 3.8) is 0 Å². The third-order valence-electron chi connectivity index (χ3n) is 3.29. The maximum absolute atomic E-state index is 13.6. The van der Waals surface area contributed by atoms with Crippen molar-refractivity contribution in [2.45, 2.75) is 33.2 Å². The number of hydrogen-bond acceptors (Lipinski definition) is 4. The Morgan fingerprint density at radius 2 is 1.85 bits per heavy atom. The number of carbonyl (C=O) groups excluding carboxylic acids is 3. The molecule has 142 valence electrons. The molecule has 0 saturated heterocycles. The fourth-order valence-electron chi connectivity index (χ4n) is 2.15. The molecule has 0 radical (unpaired) electrons. The standard InChI is InChI=1S/C17H22FN3O5/c1-9(2)6-14(17(25)26)21-15(23)8-19-16(24)11-4-5-12(18)13(7-11)20-10(3)22/h4-5,7,9,14H,6,8H2,1-3H3,(H,19,24)(H,20,22)(H,21,23)(H,25,26)/t14-/m0/s1. The quantitative estimate of drug-likeness (QED) is 0.548. The minimum absolute atomic E-state index is 0.0416. The van der Waals surface area contributed by atoms with Gasteiger partial charge in [-0.3, -0.25) is 14.4 Å². The minimum Gasteiger partial charge on any atom is -0.480 e. The predicted octanol–water partition coefficient (Wildman–Crippen LogP) is 1.13. The molecule has 4 N–H and O–H groups in total. The highest BCUT2D eigenvalue weighted by molar-refractivity contribution is 5.98. The smallest absolute Gasteiger partial charge is 0.326 e. The Morgan fingerprint density at radius 1 is 1.19 bits per heavy atom. The van der Waals surface area contributed by atoms with Crippen molar-refractivity contribution in [2.75, 3.05) is 11.9 Å². The van der Waals surface area contributed by atoms with Gasteiger partial charge in [0, 0.05) is 12.5 Å². The summed E-state index contributed by atoms with van der Waals surface area (Å²) in [5.41, 5.74) is -0.114. The van der Waals surface area contributed by atoms with Crippen LogP contribution in [0.15, 0.2) is 18.2 Å². The van der Waals surface area contributed by atoms with Crippen LogP contribution in [-0.2, 0) is 14.4 Å². The van der Waals surface area contributed by atoms with Crippen LogP contribution in [0.2, 0.25) is 0 Å². The van der Waals surface area contributed by atoms with E-state index in [1.807, 2.05) is 13.8 Å². The molecule has 1 aromatic rings. The van der Waals surface area contributed by atoms with E-state index in [1.165, 1.54) is 13.0 Å². The number of rotatable bonds is 8. The van der Waals surface area contributed by atoms with Gasteiger partial charge in [0.1, 0.15) is 11.9 Å². The summed E-state index contributed by atoms with van der Waals surface area (Å²) in [6.45, 7) is 4.41. The second-order valence-electron chi connectivity index (χ2n) is 6.15. The molecule has 26 heavy (non-hydrogen) atoms. The number of amides is 3. The third-order valence-corrected chi connectivity index (χ3v) is 3.29. The number of anilines is 1. The van der Waals surface area contributed by atoms with Gasteiger partial charge >= 0.3 is 5.97 Å². The lowest BCUT2D eigenvalue weighted by atomic mass is 10.0. The van der Waals surface area contributed by atoms with Gasteiger partial charge in [-0.2, -0.15) is 0 Å². The first-order valence-electron chi connectivity index (χ1n) is 7.97. The zero-order valence-corrected chi connectivity index (χ0v) is 14.8. The Morgan fingerprint density at radius 3 is 2.38 bits per heavy atom. The number of nitrogens with one attached hydrogen (secondary N) is 3. The minimum atomic E-state index is -1.16. The molecule has 0 aliphatic carbocycles. The molecule has 3 amide bonds. The highest BCUT2D eigenvalue weighted by Gasteiger charge is 2.21. The molecule has 1 aromatic carbocycles. The third kappa shape index (κ3) is 6.88. The van der Waals surface area contributed by atoms with E-state index >= 15 is 0 Å². The maximum Gasteiger partial charge on any atom is 0.326 e. The van der Waals surface area contributed by atoms with Gasteiger partial charge in [0.2, 0.25) is 11.8 Å². The van der Waals surface area contributed by atoms with Crippen LogP contribution in [0.3, 0.4) is 0 Å². The van der Waals surface area contributed by atoms with Crippen molar-refractivity contribution >= 4 is 29.4 Å². The molecular formula is C17H22FN3O5. The van der Waals surface area contributed by atoms with E-state index < -0.39 is 42.1 Å². The monoisotopic (exact) mass is 367 g/mol. The van der Waals surface area contributed by atoms with E-state index in [-0.39, 0.29) is 23.6 Å². The Kier molecular flexibility index (Phi) is 7.70. The first-order valence-corrected chi connectivity index (χ1v) is 7.97. The van der Waals surface area contributed by atoms with Gasteiger partial charge in [-0.05, 0) is 30.5 Å². The maximum atomic E-state index is 13.6. The van der Waals surface area contributed by atoms with E-state index in [0.717, 1.165) is 12.1 Å². The summed E-state index contributed by atoms with van der Waals surface area (Å²) in [5, 5.41) is 16.0. The SMILES string of the molecule is CC(=O)Nc1cc(C(=O)NCC(=O)N[C@@H](CC(C)C)C(=O)O)ccc1F. The summed E-state index contributed by atoms with van der Waals surface area (Å²) in [6, 6.07) is 2.32. The Bertz CT molecular complexity index is 706. The van der Waals surface area contributed by atoms with Gasteiger partial charge in [0.25, 0.3) is 5.91 Å². The van der Waals surface area contributed by atoms with Gasteiger partial charge in [-0.25, -0.2) is 9.18 Å². The van der Waals surface area contributed by atoms with Crippen molar-refractivity contribution in [3.8, 4) is 0 Å². The van der Waals surface area contributed by atoms with Crippen LogP contribution < -0.4 is 16.0 Å². The van der Waals surface area contributed by atoms with E-state index in [1.54, 1.807) is 0 Å². The van der Waals surface area contributed by atoms with E-state index in [2.05, 4.69) is 16.0 Å². The van der Waals surface area contributed by atoms with Crippen molar-refractivity contribution < 1.29 is 28.7 Å². The molecule has 0 aliphatic rings. The van der Waals surface area contributed by atoms with E-state index in [9.17, 15) is 23.6 Å². The summed E-state index contributed by atoms with van der Waals surface area (Å²) in [7, 11) is 0. The zero-order chi connectivity index (χ0) is 19.9. The van der Waals surface area contributed by atoms with Crippen molar-refractivity contribution in [1.29, 1.82) is 0 Å². The summed E-state index contributed by atoms with van der Waals surface area (Å²) < 4.78 is 13.6. The van der Waals surface area contributed by atoms with Crippen LogP contribution in [0.5, 0.6) is 0 Å². The number of hydrogen-bond donors (Lipinski definition) is 4. The van der Waals surface area contributed by atoms with Crippen LogP contribution in [0.25, 0.3) is 0 Å². The lowest BCUT2D eigenvalue weighted by Crippen LogP contribution is -2.46. The molecule has 0 unspecified atom stereocenters. The molecule has 0 heterocycles. The van der Waals surface area contributed by atoms with Crippen molar-refractivity contribution in [3.05, 3.63) is 29.6 Å². The van der Waals surface area contributed by atoms with Gasteiger partial charge in [-0.15, -0.1) is 0 Å². The lowest BCUT2D eigenvalue weighted by Gasteiger charge is -2.16. The van der Waals surface area contributed by atoms with Crippen molar-refractivity contribution in [2.24, 2.45) is 5.92 Å². The van der Waals surface area contributed by atoms with Crippen LogP contribution >= 0.6 is 0 Å². The molecule has 1 rings (SSSR count). The summed E-state index contributed by atoms with van der Waals surface area (Å²) in [4.78, 5) is 46.0. The molecule has 0 bridgehead atoms. The molecule has 0 saturated carbocycles. The Balaban J connectivity index is 2.66. The van der Waals surface area contributed by atoms with Gasteiger partial charge in [0.15, 0.2) is 0 Å². The fraction of sp³-hybridized carbons (Fsp3) is 0.412. The number of benzene rings is 1. The fourth-order valence-corrected chi connectivity index (χ4v) is 2.15. The molecule has 9 heteroatoms. The van der Waals surface area contributed by atoms with Crippen LogP contribution in [0, 0.1) is 11.7 Å². The first-order chi connectivity index (χ1) is 12.1. The Labute approximate surface area is 150 Å². The number of carboxylic acid groups (broad SMARTS) is 1. The molecule has 0 spiro atoms. The lowest BCUT2D eigenvalue weighted by molar-refractivity contribution is -0.142. The average Bonchev–Trinajstić information content (AvgIpc) is 2.53. The average molecular weight is 367 g/mol. The number of halogens is 1. The Hall–Kier alpha value is -2.97. The number of carboxylic acids is 1. The van der Waals surface area contributed by atoms with Crippen molar-refractivity contribution in [1.82, 2.24) is 10.6 Å². The molecule has 0 fully saturated rings. The number of carbonyl (C=O) groups is 4. The molecular weight excluding hydrogens is 345 g/mol. The van der Waals surface area contributed by atoms with Gasteiger partial charge < -0.3 is 21.1 Å². The molecule has 0 aromatic heterocycles. The second kappa shape index (κ2) is 9.50. The summed E-state index contributed by atoms with van der Waals surface area (Å²) in [6.07, 6.45) is 0.257. The van der Waals surface area contributed by atoms with Crippen LogP contribution in [0.4, 0.5) is 10.1 Å². The summed E-state index contributed by atoms with van der Waals surface area (Å²) >= 11 is 0.